The standard InChI is InChI=1S/C22H36N4O2/c1-18(2)23(3)22(27)17-24-11-5-6-20(16-24)26-14-12-25(13-15-26)19-7-9-21(28-4)10-8-19/h7-10,18,20H,5-6,11-17H2,1-4H3/t20-/m0/s1. The van der Waals surface area contributed by atoms with Crippen LogP contribution in [-0.2, 0) is 4.79 Å². The van der Waals surface area contributed by atoms with Gasteiger partial charge in [-0.3, -0.25) is 14.6 Å². The minimum atomic E-state index is 0.236. The van der Waals surface area contributed by atoms with E-state index in [0.717, 1.165) is 45.0 Å². The Hall–Kier alpha value is -1.79. The highest BCUT2D eigenvalue weighted by Gasteiger charge is 2.29. The number of nitrogens with zero attached hydrogens (tertiary/aromatic N) is 4. The highest BCUT2D eigenvalue weighted by Crippen LogP contribution is 2.23. The smallest absolute Gasteiger partial charge is 0.236 e. The van der Waals surface area contributed by atoms with E-state index in [1.165, 1.54) is 18.5 Å². The molecule has 156 valence electrons. The lowest BCUT2D eigenvalue weighted by molar-refractivity contribution is -0.133. The molecule has 1 aromatic rings. The predicted molar refractivity (Wildman–Crippen MR) is 114 cm³/mol. The highest BCUT2D eigenvalue weighted by atomic mass is 16.5. The van der Waals surface area contributed by atoms with Crippen molar-refractivity contribution >= 4 is 11.6 Å². The Morgan fingerprint density at radius 2 is 1.82 bits per heavy atom. The molecule has 0 spiro atoms. The molecule has 2 heterocycles. The van der Waals surface area contributed by atoms with Crippen LogP contribution in [0.2, 0.25) is 0 Å². The first-order chi connectivity index (χ1) is 13.5. The molecule has 1 atom stereocenters. The summed E-state index contributed by atoms with van der Waals surface area (Å²) >= 11 is 0. The van der Waals surface area contributed by atoms with Crippen LogP contribution in [0.3, 0.4) is 0 Å². The van der Waals surface area contributed by atoms with Crippen LogP contribution in [-0.4, -0.2) is 92.7 Å². The summed E-state index contributed by atoms with van der Waals surface area (Å²) in [6.45, 7) is 11.0. The van der Waals surface area contributed by atoms with Gasteiger partial charge in [-0.15, -0.1) is 0 Å². The Morgan fingerprint density at radius 3 is 2.43 bits per heavy atom. The second-order valence-corrected chi connectivity index (χ2v) is 8.35. The van der Waals surface area contributed by atoms with E-state index in [2.05, 4.69) is 40.7 Å². The summed E-state index contributed by atoms with van der Waals surface area (Å²) in [5, 5.41) is 0. The molecule has 1 amide bonds. The van der Waals surface area contributed by atoms with E-state index in [9.17, 15) is 4.79 Å². The van der Waals surface area contributed by atoms with Gasteiger partial charge in [0.05, 0.1) is 13.7 Å². The fraction of sp³-hybridized carbons (Fsp3) is 0.682. The Morgan fingerprint density at radius 1 is 1.14 bits per heavy atom. The van der Waals surface area contributed by atoms with Crippen molar-refractivity contribution in [3.05, 3.63) is 24.3 Å². The number of anilines is 1. The summed E-state index contributed by atoms with van der Waals surface area (Å²) in [4.78, 5) is 21.7. The average Bonchev–Trinajstić information content (AvgIpc) is 2.73. The molecule has 2 aliphatic rings. The molecule has 0 radical (unpaired) electrons. The average molecular weight is 389 g/mol. The number of rotatable bonds is 6. The monoisotopic (exact) mass is 388 g/mol. The first-order valence-electron chi connectivity index (χ1n) is 10.6. The number of hydrogen-bond donors (Lipinski definition) is 0. The topological polar surface area (TPSA) is 39.3 Å². The minimum absolute atomic E-state index is 0.236. The number of methoxy groups -OCH3 is 1. The van der Waals surface area contributed by atoms with Gasteiger partial charge in [-0.05, 0) is 57.5 Å². The Balaban J connectivity index is 1.49. The SMILES string of the molecule is COc1ccc(N2CCN([C@H]3CCCN(CC(=O)N(C)C(C)C)C3)CC2)cc1. The van der Waals surface area contributed by atoms with Gasteiger partial charge in [0, 0.05) is 57.5 Å². The van der Waals surface area contributed by atoms with Crippen LogP contribution < -0.4 is 9.64 Å². The van der Waals surface area contributed by atoms with Crippen molar-refractivity contribution in [2.45, 2.75) is 38.8 Å². The molecule has 3 rings (SSSR count). The number of likely N-dealkylation sites (N-methyl/N-ethyl adjacent to an activating group) is 1. The minimum Gasteiger partial charge on any atom is -0.497 e. The summed E-state index contributed by atoms with van der Waals surface area (Å²) in [6, 6.07) is 9.20. The summed E-state index contributed by atoms with van der Waals surface area (Å²) < 4.78 is 5.26. The van der Waals surface area contributed by atoms with Gasteiger partial charge in [0.25, 0.3) is 0 Å². The quantitative estimate of drug-likeness (QED) is 0.747. The zero-order valence-electron chi connectivity index (χ0n) is 17.9. The molecule has 0 N–H and O–H groups in total. The molecular weight excluding hydrogens is 352 g/mol. The summed E-state index contributed by atoms with van der Waals surface area (Å²) in [5.41, 5.74) is 1.27. The van der Waals surface area contributed by atoms with Gasteiger partial charge < -0.3 is 14.5 Å². The lowest BCUT2D eigenvalue weighted by atomic mass is 10.0. The lowest BCUT2D eigenvalue weighted by Crippen LogP contribution is -2.56. The maximum absolute atomic E-state index is 12.4. The van der Waals surface area contributed by atoms with E-state index in [4.69, 9.17) is 4.74 Å². The summed E-state index contributed by atoms with van der Waals surface area (Å²) in [6.07, 6.45) is 2.43. The van der Waals surface area contributed by atoms with Crippen molar-refractivity contribution < 1.29 is 9.53 Å². The molecule has 28 heavy (non-hydrogen) atoms. The van der Waals surface area contributed by atoms with Crippen molar-refractivity contribution in [3.63, 3.8) is 0 Å². The van der Waals surface area contributed by atoms with Gasteiger partial charge in [-0.25, -0.2) is 0 Å². The van der Waals surface area contributed by atoms with Gasteiger partial charge in [0.2, 0.25) is 5.91 Å². The number of likely N-dealkylation sites (tertiary alicyclic amines) is 1. The third kappa shape index (κ3) is 5.17. The molecule has 2 fully saturated rings. The maximum atomic E-state index is 12.4. The van der Waals surface area contributed by atoms with Crippen LogP contribution in [0.25, 0.3) is 0 Å². The Bertz CT molecular complexity index is 626. The van der Waals surface area contributed by atoms with E-state index in [1.54, 1.807) is 7.11 Å². The van der Waals surface area contributed by atoms with Gasteiger partial charge in [-0.1, -0.05) is 0 Å². The molecule has 1 aromatic carbocycles. The zero-order chi connectivity index (χ0) is 20.1. The van der Waals surface area contributed by atoms with Crippen LogP contribution >= 0.6 is 0 Å². The van der Waals surface area contributed by atoms with Crippen LogP contribution in [0, 0.1) is 0 Å². The number of carbonyl (C=O) groups is 1. The number of carbonyl (C=O) groups excluding carboxylic acids is 1. The van der Waals surface area contributed by atoms with Crippen LogP contribution in [0.5, 0.6) is 5.75 Å². The van der Waals surface area contributed by atoms with Crippen molar-refractivity contribution in [2.75, 3.05) is 64.9 Å². The van der Waals surface area contributed by atoms with E-state index in [0.29, 0.717) is 12.6 Å². The van der Waals surface area contributed by atoms with E-state index >= 15 is 0 Å². The van der Waals surface area contributed by atoms with Crippen molar-refractivity contribution in [3.8, 4) is 5.75 Å². The molecule has 0 bridgehead atoms. The number of amides is 1. The maximum Gasteiger partial charge on any atom is 0.236 e. The van der Waals surface area contributed by atoms with E-state index < -0.39 is 0 Å². The fourth-order valence-corrected chi connectivity index (χ4v) is 4.20. The number of hydrogen-bond acceptors (Lipinski definition) is 5. The molecule has 6 nitrogen and oxygen atoms in total. The van der Waals surface area contributed by atoms with Crippen molar-refractivity contribution in [2.24, 2.45) is 0 Å². The summed E-state index contributed by atoms with van der Waals surface area (Å²) in [5.74, 6) is 1.14. The third-order valence-corrected chi connectivity index (χ3v) is 6.28. The first-order valence-corrected chi connectivity index (χ1v) is 10.6. The van der Waals surface area contributed by atoms with E-state index in [-0.39, 0.29) is 11.9 Å². The Kier molecular flexibility index (Phi) is 7.18. The first kappa shape index (κ1) is 20.9. The second kappa shape index (κ2) is 9.61. The lowest BCUT2D eigenvalue weighted by Gasteiger charge is -2.44. The normalized spacial score (nSPS) is 21.8. The Labute approximate surface area is 170 Å². The molecular formula is C22H36N4O2. The number of piperazine rings is 1. The largest absolute Gasteiger partial charge is 0.497 e. The number of benzene rings is 1. The molecule has 2 aliphatic heterocycles. The van der Waals surface area contributed by atoms with Gasteiger partial charge in [0.1, 0.15) is 5.75 Å². The van der Waals surface area contributed by atoms with Crippen LogP contribution in [0.4, 0.5) is 5.69 Å². The van der Waals surface area contributed by atoms with Crippen LogP contribution in [0.1, 0.15) is 26.7 Å². The molecule has 0 aliphatic carbocycles. The fourth-order valence-electron chi connectivity index (χ4n) is 4.20. The summed E-state index contributed by atoms with van der Waals surface area (Å²) in [7, 11) is 3.61. The number of ether oxygens (including phenoxy) is 1. The highest BCUT2D eigenvalue weighted by molar-refractivity contribution is 5.78. The van der Waals surface area contributed by atoms with E-state index in [1.807, 2.05) is 24.1 Å². The molecule has 6 heteroatoms. The predicted octanol–water partition coefficient (Wildman–Crippen LogP) is 2.15. The zero-order valence-corrected chi connectivity index (χ0v) is 17.9. The van der Waals surface area contributed by atoms with Gasteiger partial charge in [0.15, 0.2) is 0 Å². The third-order valence-electron chi connectivity index (χ3n) is 6.28. The van der Waals surface area contributed by atoms with Gasteiger partial charge in [-0.2, -0.15) is 0 Å². The molecule has 0 aromatic heterocycles. The molecule has 0 unspecified atom stereocenters. The number of piperidine rings is 1. The second-order valence-electron chi connectivity index (χ2n) is 8.35. The van der Waals surface area contributed by atoms with Gasteiger partial charge >= 0.3 is 0 Å². The van der Waals surface area contributed by atoms with Crippen molar-refractivity contribution in [1.82, 2.24) is 14.7 Å². The van der Waals surface area contributed by atoms with Crippen LogP contribution in [0.15, 0.2) is 24.3 Å². The van der Waals surface area contributed by atoms with Crippen molar-refractivity contribution in [1.29, 1.82) is 0 Å². The molecule has 0 saturated carbocycles. The molecule has 2 saturated heterocycles.